The minimum atomic E-state index is -0.658. The van der Waals surface area contributed by atoms with Gasteiger partial charge in [0.2, 0.25) is 0 Å². The van der Waals surface area contributed by atoms with Gasteiger partial charge in [0.1, 0.15) is 0 Å². The second-order valence-electron chi connectivity index (χ2n) is 2.23. The fourth-order valence-electron chi connectivity index (χ4n) is 1.00. The zero-order chi connectivity index (χ0) is 6.69. The maximum Gasteiger partial charge on any atom is 0.304 e. The topological polar surface area (TPSA) is 37.3 Å². The number of hydrogen-bond donors (Lipinski definition) is 1. The van der Waals surface area contributed by atoms with E-state index in [-0.39, 0.29) is 0 Å². The van der Waals surface area contributed by atoms with Crippen LogP contribution >= 0.6 is 11.8 Å². The molecule has 0 saturated carbocycles. The van der Waals surface area contributed by atoms with E-state index in [2.05, 4.69) is 0 Å². The minimum absolute atomic E-state index is 0.352. The van der Waals surface area contributed by atoms with Crippen LogP contribution in [0.4, 0.5) is 0 Å². The van der Waals surface area contributed by atoms with Crippen LogP contribution in [0, 0.1) is 0 Å². The Morgan fingerprint density at radius 3 is 3.00 bits per heavy atom. The Kier molecular flexibility index (Phi) is 2.39. The Labute approximate surface area is 58.6 Å². The van der Waals surface area contributed by atoms with Crippen molar-refractivity contribution >= 4 is 17.7 Å². The number of aliphatic carboxylic acids is 1. The molecule has 9 heavy (non-hydrogen) atoms. The summed E-state index contributed by atoms with van der Waals surface area (Å²) < 4.78 is 0. The van der Waals surface area contributed by atoms with Gasteiger partial charge in [0.15, 0.2) is 0 Å². The van der Waals surface area contributed by atoms with E-state index in [4.69, 9.17) is 5.11 Å². The van der Waals surface area contributed by atoms with Gasteiger partial charge < -0.3 is 5.11 Å². The van der Waals surface area contributed by atoms with Crippen LogP contribution in [-0.4, -0.2) is 22.1 Å². The first-order chi connectivity index (χ1) is 4.29. The van der Waals surface area contributed by atoms with Crippen LogP contribution in [0.3, 0.4) is 0 Å². The highest BCUT2D eigenvalue weighted by Crippen LogP contribution is 2.28. The van der Waals surface area contributed by atoms with E-state index >= 15 is 0 Å². The summed E-state index contributed by atoms with van der Waals surface area (Å²) in [5.41, 5.74) is 0. The largest absolute Gasteiger partial charge is 0.481 e. The van der Waals surface area contributed by atoms with E-state index in [1.165, 1.54) is 6.42 Å². The molecule has 1 aliphatic heterocycles. The van der Waals surface area contributed by atoms with Crippen molar-refractivity contribution in [1.82, 2.24) is 0 Å². The summed E-state index contributed by atoms with van der Waals surface area (Å²) in [5.74, 6) is 0.493. The zero-order valence-corrected chi connectivity index (χ0v) is 5.99. The standard InChI is InChI=1S/C6H10O2S/c7-6(8)4-5-2-1-3-9-5/h5H,1-4H2,(H,7,8)/t5-/m0/s1. The van der Waals surface area contributed by atoms with Crippen molar-refractivity contribution in [2.75, 3.05) is 5.75 Å². The van der Waals surface area contributed by atoms with E-state index in [9.17, 15) is 4.79 Å². The van der Waals surface area contributed by atoms with Crippen LogP contribution in [0.15, 0.2) is 0 Å². The molecular weight excluding hydrogens is 136 g/mol. The van der Waals surface area contributed by atoms with Crippen molar-refractivity contribution in [3.05, 3.63) is 0 Å². The maximum absolute atomic E-state index is 10.1. The SMILES string of the molecule is O=C(O)C[C@@H]1CCCS1. The molecule has 1 rings (SSSR count). The Bertz CT molecular complexity index is 108. The lowest BCUT2D eigenvalue weighted by molar-refractivity contribution is -0.136. The molecule has 0 radical (unpaired) electrons. The van der Waals surface area contributed by atoms with Crippen molar-refractivity contribution in [2.45, 2.75) is 24.5 Å². The Hall–Kier alpha value is -0.180. The molecule has 0 aromatic rings. The van der Waals surface area contributed by atoms with Gasteiger partial charge in [-0.2, -0.15) is 11.8 Å². The molecule has 3 heteroatoms. The van der Waals surface area contributed by atoms with Crippen LogP contribution < -0.4 is 0 Å². The monoisotopic (exact) mass is 146 g/mol. The van der Waals surface area contributed by atoms with Crippen molar-refractivity contribution in [1.29, 1.82) is 0 Å². The molecular formula is C6H10O2S. The summed E-state index contributed by atoms with van der Waals surface area (Å²) in [6.45, 7) is 0. The molecule has 0 aromatic carbocycles. The number of carboxylic acids is 1. The second kappa shape index (κ2) is 3.11. The van der Waals surface area contributed by atoms with Crippen molar-refractivity contribution < 1.29 is 9.90 Å². The summed E-state index contributed by atoms with van der Waals surface area (Å²) in [6, 6.07) is 0. The maximum atomic E-state index is 10.1. The summed E-state index contributed by atoms with van der Waals surface area (Å²) >= 11 is 1.79. The quantitative estimate of drug-likeness (QED) is 0.639. The van der Waals surface area contributed by atoms with Gasteiger partial charge >= 0.3 is 5.97 Å². The highest BCUT2D eigenvalue weighted by atomic mass is 32.2. The summed E-state index contributed by atoms with van der Waals surface area (Å²) in [4.78, 5) is 10.1. The molecule has 52 valence electrons. The first-order valence-electron chi connectivity index (χ1n) is 3.12. The lowest BCUT2D eigenvalue weighted by atomic mass is 10.2. The van der Waals surface area contributed by atoms with E-state index in [1.54, 1.807) is 11.8 Å². The summed E-state index contributed by atoms with van der Waals surface area (Å²) in [5, 5.41) is 8.77. The lowest BCUT2D eigenvalue weighted by Gasteiger charge is -2.01. The number of rotatable bonds is 2. The first kappa shape index (κ1) is 6.93. The van der Waals surface area contributed by atoms with E-state index in [1.807, 2.05) is 0 Å². The van der Waals surface area contributed by atoms with Gasteiger partial charge in [-0.25, -0.2) is 0 Å². The smallest absolute Gasteiger partial charge is 0.304 e. The third-order valence-corrected chi connectivity index (χ3v) is 2.82. The molecule has 0 unspecified atom stereocenters. The molecule has 0 aliphatic carbocycles. The van der Waals surface area contributed by atoms with Crippen LogP contribution in [0.2, 0.25) is 0 Å². The normalized spacial score (nSPS) is 26.4. The highest BCUT2D eigenvalue weighted by Gasteiger charge is 2.17. The molecule has 1 aliphatic rings. The molecule has 1 N–H and O–H groups in total. The van der Waals surface area contributed by atoms with Gasteiger partial charge in [-0.3, -0.25) is 4.79 Å². The molecule has 2 nitrogen and oxygen atoms in total. The molecule has 1 saturated heterocycles. The van der Waals surface area contributed by atoms with Crippen LogP contribution in [0.25, 0.3) is 0 Å². The minimum Gasteiger partial charge on any atom is -0.481 e. The van der Waals surface area contributed by atoms with Crippen LogP contribution in [-0.2, 0) is 4.79 Å². The fraction of sp³-hybridized carbons (Fsp3) is 0.833. The lowest BCUT2D eigenvalue weighted by Crippen LogP contribution is -2.05. The predicted octanol–water partition coefficient (Wildman–Crippen LogP) is 1.36. The molecule has 0 bridgehead atoms. The van der Waals surface area contributed by atoms with E-state index in [0.29, 0.717) is 11.7 Å². The van der Waals surface area contributed by atoms with Gasteiger partial charge in [-0.15, -0.1) is 0 Å². The molecule has 0 aromatic heterocycles. The van der Waals surface area contributed by atoms with Crippen molar-refractivity contribution in [2.24, 2.45) is 0 Å². The second-order valence-corrected chi connectivity index (χ2v) is 3.64. The Balaban J connectivity index is 2.19. The molecule has 1 fully saturated rings. The molecule has 1 atom stereocenters. The average Bonchev–Trinajstić information content (AvgIpc) is 2.15. The van der Waals surface area contributed by atoms with Gasteiger partial charge in [0, 0.05) is 5.25 Å². The number of carboxylic acid groups (broad SMARTS) is 1. The van der Waals surface area contributed by atoms with Crippen LogP contribution in [0.5, 0.6) is 0 Å². The Morgan fingerprint density at radius 2 is 2.56 bits per heavy atom. The fourth-order valence-corrected chi connectivity index (χ4v) is 2.26. The molecule has 0 spiro atoms. The third-order valence-electron chi connectivity index (χ3n) is 1.43. The summed E-state index contributed by atoms with van der Waals surface area (Å²) in [7, 11) is 0. The van der Waals surface area contributed by atoms with Gasteiger partial charge in [-0.05, 0) is 18.6 Å². The van der Waals surface area contributed by atoms with Crippen LogP contribution in [0.1, 0.15) is 19.3 Å². The number of thioether (sulfide) groups is 1. The van der Waals surface area contributed by atoms with Gasteiger partial charge in [-0.1, -0.05) is 0 Å². The van der Waals surface area contributed by atoms with Crippen molar-refractivity contribution in [3.8, 4) is 0 Å². The third kappa shape index (κ3) is 2.26. The Morgan fingerprint density at radius 1 is 1.78 bits per heavy atom. The zero-order valence-electron chi connectivity index (χ0n) is 5.17. The number of carbonyl (C=O) groups is 1. The van der Waals surface area contributed by atoms with Gasteiger partial charge in [0.05, 0.1) is 6.42 Å². The van der Waals surface area contributed by atoms with Gasteiger partial charge in [0.25, 0.3) is 0 Å². The number of hydrogen-bond acceptors (Lipinski definition) is 2. The first-order valence-corrected chi connectivity index (χ1v) is 4.17. The summed E-state index contributed by atoms with van der Waals surface area (Å²) in [6.07, 6.45) is 2.64. The molecule has 1 heterocycles. The predicted molar refractivity (Wildman–Crippen MR) is 37.7 cm³/mol. The van der Waals surface area contributed by atoms with E-state index in [0.717, 1.165) is 12.2 Å². The van der Waals surface area contributed by atoms with E-state index < -0.39 is 5.97 Å². The average molecular weight is 146 g/mol. The highest BCUT2D eigenvalue weighted by molar-refractivity contribution is 8.00. The van der Waals surface area contributed by atoms with Crippen molar-refractivity contribution in [3.63, 3.8) is 0 Å². The molecule has 0 amide bonds.